The minimum Gasteiger partial charge on any atom is -0.293 e. The molecule has 0 bridgehead atoms. The van der Waals surface area contributed by atoms with Crippen LogP contribution in [0.15, 0.2) is 17.1 Å². The minimum absolute atomic E-state index is 0.0389. The molecule has 0 N–H and O–H groups in total. The maximum absolute atomic E-state index is 12.3. The van der Waals surface area contributed by atoms with Gasteiger partial charge in [0.25, 0.3) is 5.56 Å². The molecule has 1 unspecified atom stereocenters. The summed E-state index contributed by atoms with van der Waals surface area (Å²) in [4.78, 5) is 14.7. The van der Waals surface area contributed by atoms with E-state index in [0.29, 0.717) is 12.6 Å². The van der Waals surface area contributed by atoms with E-state index in [1.54, 1.807) is 15.4 Å². The molecule has 0 radical (unpaired) electrons. The number of likely N-dealkylation sites (tertiary alicyclic amines) is 1. The summed E-state index contributed by atoms with van der Waals surface area (Å²) in [7, 11) is 1.88. The third-order valence-corrected chi connectivity index (χ3v) is 4.92. The van der Waals surface area contributed by atoms with Gasteiger partial charge < -0.3 is 0 Å². The lowest BCUT2D eigenvalue weighted by atomic mass is 10.2. The standard InChI is InChI=1S/C16H22N6O/c1-20-9-13(17-19-20)10-21-7-3-5-14(21)11-22-16(23)8-12-4-2-6-15(12)18-22/h8-9,14H,2-7,10-11H2,1H3. The quantitative estimate of drug-likeness (QED) is 0.823. The van der Waals surface area contributed by atoms with Crippen molar-refractivity contribution in [1.82, 2.24) is 29.7 Å². The highest BCUT2D eigenvalue weighted by Crippen LogP contribution is 2.21. The molecule has 0 amide bonds. The smallest absolute Gasteiger partial charge is 0.267 e. The van der Waals surface area contributed by atoms with Crippen molar-refractivity contribution in [3.63, 3.8) is 0 Å². The number of hydrogen-bond acceptors (Lipinski definition) is 5. The molecule has 23 heavy (non-hydrogen) atoms. The van der Waals surface area contributed by atoms with Crippen molar-refractivity contribution in [2.75, 3.05) is 6.54 Å². The molecule has 122 valence electrons. The Morgan fingerprint density at radius 2 is 2.22 bits per heavy atom. The highest BCUT2D eigenvalue weighted by atomic mass is 16.1. The normalized spacial score (nSPS) is 21.0. The lowest BCUT2D eigenvalue weighted by Gasteiger charge is -2.23. The van der Waals surface area contributed by atoms with Crippen LogP contribution in [0.4, 0.5) is 0 Å². The number of aromatic nitrogens is 5. The highest BCUT2D eigenvalue weighted by Gasteiger charge is 2.27. The van der Waals surface area contributed by atoms with Crippen LogP contribution >= 0.6 is 0 Å². The van der Waals surface area contributed by atoms with Crippen molar-refractivity contribution in [1.29, 1.82) is 0 Å². The topological polar surface area (TPSA) is 68.8 Å². The summed E-state index contributed by atoms with van der Waals surface area (Å²) in [6.45, 7) is 2.51. The Bertz CT molecular complexity index is 764. The molecule has 3 heterocycles. The van der Waals surface area contributed by atoms with Crippen LogP contribution in [-0.2, 0) is 33.0 Å². The number of fused-ring (bicyclic) bond motifs is 1. The number of hydrogen-bond donors (Lipinski definition) is 0. The number of rotatable bonds is 4. The second-order valence-electron chi connectivity index (χ2n) is 6.64. The van der Waals surface area contributed by atoms with Crippen LogP contribution in [0.5, 0.6) is 0 Å². The van der Waals surface area contributed by atoms with E-state index in [1.807, 2.05) is 13.2 Å². The van der Waals surface area contributed by atoms with Crippen molar-refractivity contribution in [2.45, 2.75) is 51.2 Å². The zero-order valence-corrected chi connectivity index (χ0v) is 13.5. The van der Waals surface area contributed by atoms with Crippen molar-refractivity contribution < 1.29 is 0 Å². The molecule has 7 nitrogen and oxygen atoms in total. The molecule has 1 atom stereocenters. The van der Waals surface area contributed by atoms with E-state index in [0.717, 1.165) is 62.1 Å². The fraction of sp³-hybridized carbons (Fsp3) is 0.625. The average Bonchev–Trinajstić information content (AvgIpc) is 3.23. The predicted octanol–water partition coefficient (Wildman–Crippen LogP) is 0.525. The van der Waals surface area contributed by atoms with E-state index >= 15 is 0 Å². The predicted molar refractivity (Wildman–Crippen MR) is 85.0 cm³/mol. The van der Waals surface area contributed by atoms with Gasteiger partial charge in [-0.15, -0.1) is 5.10 Å². The largest absolute Gasteiger partial charge is 0.293 e. The van der Waals surface area contributed by atoms with Crippen LogP contribution in [0.3, 0.4) is 0 Å². The van der Waals surface area contributed by atoms with Crippen molar-refractivity contribution >= 4 is 0 Å². The average molecular weight is 314 g/mol. The summed E-state index contributed by atoms with van der Waals surface area (Å²) in [6.07, 6.45) is 7.34. The van der Waals surface area contributed by atoms with Gasteiger partial charge in [-0.3, -0.25) is 14.4 Å². The summed E-state index contributed by atoms with van der Waals surface area (Å²) in [5.74, 6) is 0. The molecule has 2 aromatic rings. The molecular formula is C16H22N6O. The van der Waals surface area contributed by atoms with Gasteiger partial charge in [0.2, 0.25) is 0 Å². The van der Waals surface area contributed by atoms with Gasteiger partial charge in [-0.05, 0) is 44.2 Å². The van der Waals surface area contributed by atoms with Crippen LogP contribution in [0.25, 0.3) is 0 Å². The third kappa shape index (κ3) is 2.93. The molecule has 2 aromatic heterocycles. The van der Waals surface area contributed by atoms with Gasteiger partial charge in [-0.1, -0.05) is 5.21 Å². The molecule has 1 saturated heterocycles. The van der Waals surface area contributed by atoms with Gasteiger partial charge >= 0.3 is 0 Å². The molecule has 7 heteroatoms. The van der Waals surface area contributed by atoms with E-state index < -0.39 is 0 Å². The van der Waals surface area contributed by atoms with Crippen LogP contribution in [-0.4, -0.2) is 42.3 Å². The Morgan fingerprint density at radius 1 is 1.30 bits per heavy atom. The minimum atomic E-state index is 0.0389. The molecule has 4 rings (SSSR count). The lowest BCUT2D eigenvalue weighted by molar-refractivity contribution is 0.214. The first-order valence-corrected chi connectivity index (χ1v) is 8.38. The summed E-state index contributed by atoms with van der Waals surface area (Å²) in [5.41, 5.74) is 3.28. The number of nitrogens with zero attached hydrogens (tertiary/aromatic N) is 6. The first kappa shape index (κ1) is 14.6. The first-order chi connectivity index (χ1) is 11.2. The number of aryl methyl sites for hydroxylation is 3. The lowest BCUT2D eigenvalue weighted by Crippen LogP contribution is -2.37. The second kappa shape index (κ2) is 5.88. The molecule has 2 aliphatic rings. The zero-order valence-electron chi connectivity index (χ0n) is 13.5. The fourth-order valence-corrected chi connectivity index (χ4v) is 3.76. The van der Waals surface area contributed by atoms with E-state index in [9.17, 15) is 4.79 Å². The molecule has 1 aliphatic carbocycles. The van der Waals surface area contributed by atoms with E-state index in [-0.39, 0.29) is 5.56 Å². The monoisotopic (exact) mass is 314 g/mol. The summed E-state index contributed by atoms with van der Waals surface area (Å²) >= 11 is 0. The SMILES string of the molecule is Cn1cc(CN2CCCC2Cn2nc3c(cc2=O)CCC3)nn1. The van der Waals surface area contributed by atoms with E-state index in [1.165, 1.54) is 0 Å². The maximum atomic E-state index is 12.3. The van der Waals surface area contributed by atoms with E-state index in [4.69, 9.17) is 0 Å². The van der Waals surface area contributed by atoms with Crippen LogP contribution in [0.2, 0.25) is 0 Å². The Labute approximate surface area is 134 Å². The zero-order chi connectivity index (χ0) is 15.8. The Balaban J connectivity index is 1.50. The van der Waals surface area contributed by atoms with Crippen LogP contribution in [0.1, 0.15) is 36.2 Å². The molecule has 0 aromatic carbocycles. The van der Waals surface area contributed by atoms with Crippen molar-refractivity contribution in [3.05, 3.63) is 39.6 Å². The van der Waals surface area contributed by atoms with Gasteiger partial charge in [-0.25, -0.2) is 4.68 Å². The summed E-state index contributed by atoms with van der Waals surface area (Å²) in [5, 5.41) is 12.8. The molecule has 1 fully saturated rings. The molecule has 0 spiro atoms. The van der Waals surface area contributed by atoms with Gasteiger partial charge in [0.05, 0.1) is 17.9 Å². The fourth-order valence-electron chi connectivity index (χ4n) is 3.76. The second-order valence-corrected chi connectivity index (χ2v) is 6.64. The first-order valence-electron chi connectivity index (χ1n) is 8.38. The van der Waals surface area contributed by atoms with Gasteiger partial charge in [0.15, 0.2) is 0 Å². The summed E-state index contributed by atoms with van der Waals surface area (Å²) in [6, 6.07) is 2.14. The third-order valence-electron chi connectivity index (χ3n) is 4.92. The van der Waals surface area contributed by atoms with E-state index in [2.05, 4.69) is 20.3 Å². The molecule has 1 aliphatic heterocycles. The molecular weight excluding hydrogens is 292 g/mol. The molecule has 0 saturated carbocycles. The van der Waals surface area contributed by atoms with Crippen molar-refractivity contribution in [2.24, 2.45) is 7.05 Å². The van der Waals surface area contributed by atoms with Gasteiger partial charge in [-0.2, -0.15) is 5.10 Å². The van der Waals surface area contributed by atoms with Crippen molar-refractivity contribution in [3.8, 4) is 0 Å². The highest BCUT2D eigenvalue weighted by molar-refractivity contribution is 5.22. The van der Waals surface area contributed by atoms with Crippen LogP contribution < -0.4 is 5.56 Å². The Hall–Kier alpha value is -2.02. The van der Waals surface area contributed by atoms with Crippen LogP contribution in [0, 0.1) is 0 Å². The Morgan fingerprint density at radius 3 is 3.04 bits per heavy atom. The van der Waals surface area contributed by atoms with Gasteiger partial charge in [0.1, 0.15) is 0 Å². The Kier molecular flexibility index (Phi) is 3.72. The maximum Gasteiger partial charge on any atom is 0.267 e. The van der Waals surface area contributed by atoms with Gasteiger partial charge in [0, 0.05) is 31.9 Å². The summed E-state index contributed by atoms with van der Waals surface area (Å²) < 4.78 is 3.40.